The Labute approximate surface area is 119 Å². The molecule has 0 radical (unpaired) electrons. The van der Waals surface area contributed by atoms with Gasteiger partial charge in [-0.25, -0.2) is 0 Å². The predicted molar refractivity (Wildman–Crippen MR) is 79.5 cm³/mol. The average Bonchev–Trinajstić information content (AvgIpc) is 2.39. The zero-order chi connectivity index (χ0) is 13.8. The number of nitrogens with one attached hydrogen (secondary N) is 1. The number of hydrogen-bond acceptors (Lipinski definition) is 3. The number of nitrogens with two attached hydrogens (primary N) is 1. The first-order valence-electron chi connectivity index (χ1n) is 5.60. The van der Waals surface area contributed by atoms with Crippen LogP contribution >= 0.6 is 15.9 Å². The zero-order valence-electron chi connectivity index (χ0n) is 10.3. The van der Waals surface area contributed by atoms with Crippen LogP contribution in [0.25, 0.3) is 0 Å². The van der Waals surface area contributed by atoms with Crippen LogP contribution in [-0.2, 0) is 0 Å². The van der Waals surface area contributed by atoms with Gasteiger partial charge in [0.25, 0.3) is 5.91 Å². The summed E-state index contributed by atoms with van der Waals surface area (Å²) in [5, 5.41) is 2.78. The van der Waals surface area contributed by atoms with Gasteiger partial charge in [-0.2, -0.15) is 0 Å². The van der Waals surface area contributed by atoms with Crippen LogP contribution in [0.1, 0.15) is 10.4 Å². The normalized spacial score (nSPS) is 10.0. The average molecular weight is 321 g/mol. The van der Waals surface area contributed by atoms with Crippen LogP contribution in [0.15, 0.2) is 46.9 Å². The van der Waals surface area contributed by atoms with Gasteiger partial charge in [-0.1, -0.05) is 22.0 Å². The highest BCUT2D eigenvalue weighted by molar-refractivity contribution is 9.10. The number of ether oxygens (including phenoxy) is 1. The van der Waals surface area contributed by atoms with Crippen molar-refractivity contribution in [2.45, 2.75) is 0 Å². The van der Waals surface area contributed by atoms with Crippen LogP contribution in [0.3, 0.4) is 0 Å². The van der Waals surface area contributed by atoms with Crippen LogP contribution in [0.2, 0.25) is 0 Å². The lowest BCUT2D eigenvalue weighted by atomic mass is 10.2. The fourth-order valence-electron chi connectivity index (χ4n) is 1.65. The van der Waals surface area contributed by atoms with Gasteiger partial charge < -0.3 is 15.8 Å². The number of anilines is 2. The predicted octanol–water partition coefficient (Wildman–Crippen LogP) is 3.29. The molecule has 2 rings (SSSR count). The molecule has 0 aliphatic heterocycles. The van der Waals surface area contributed by atoms with E-state index in [-0.39, 0.29) is 5.91 Å². The number of benzene rings is 2. The lowest BCUT2D eigenvalue weighted by Gasteiger charge is -2.11. The third-order valence-electron chi connectivity index (χ3n) is 2.56. The monoisotopic (exact) mass is 320 g/mol. The lowest BCUT2D eigenvalue weighted by Crippen LogP contribution is -2.12. The van der Waals surface area contributed by atoms with E-state index in [0.717, 1.165) is 4.47 Å². The van der Waals surface area contributed by atoms with Crippen molar-refractivity contribution in [2.75, 3.05) is 18.2 Å². The molecule has 2 aromatic carbocycles. The van der Waals surface area contributed by atoms with Gasteiger partial charge in [-0.3, -0.25) is 4.79 Å². The summed E-state index contributed by atoms with van der Waals surface area (Å²) in [4.78, 5) is 12.1. The van der Waals surface area contributed by atoms with Crippen molar-refractivity contribution in [2.24, 2.45) is 0 Å². The largest absolute Gasteiger partial charge is 0.495 e. The molecule has 0 atom stereocenters. The SMILES string of the molecule is COc1ccc(N)cc1NC(=O)c1cccc(Br)c1. The van der Waals surface area contributed by atoms with E-state index >= 15 is 0 Å². The molecule has 0 spiro atoms. The molecule has 0 aromatic heterocycles. The minimum Gasteiger partial charge on any atom is -0.495 e. The number of carbonyl (C=O) groups excluding carboxylic acids is 1. The van der Waals surface area contributed by atoms with Crippen LogP contribution < -0.4 is 15.8 Å². The number of carbonyl (C=O) groups is 1. The molecule has 0 aliphatic rings. The molecule has 3 N–H and O–H groups in total. The second kappa shape index (κ2) is 5.75. The Balaban J connectivity index is 2.26. The highest BCUT2D eigenvalue weighted by Crippen LogP contribution is 2.27. The molecule has 1 amide bonds. The van der Waals surface area contributed by atoms with Crippen molar-refractivity contribution in [3.05, 3.63) is 52.5 Å². The molecular formula is C14H13BrN2O2. The third kappa shape index (κ3) is 3.26. The van der Waals surface area contributed by atoms with Gasteiger partial charge in [-0.15, -0.1) is 0 Å². The van der Waals surface area contributed by atoms with Crippen molar-refractivity contribution >= 4 is 33.2 Å². The maximum Gasteiger partial charge on any atom is 0.255 e. The number of amides is 1. The first-order chi connectivity index (χ1) is 9.10. The van der Waals surface area contributed by atoms with E-state index in [1.807, 2.05) is 6.07 Å². The molecule has 0 saturated carbocycles. The van der Waals surface area contributed by atoms with Gasteiger partial charge in [0.1, 0.15) is 5.75 Å². The lowest BCUT2D eigenvalue weighted by molar-refractivity contribution is 0.102. The van der Waals surface area contributed by atoms with Crippen LogP contribution in [0.5, 0.6) is 5.75 Å². The summed E-state index contributed by atoms with van der Waals surface area (Å²) in [6, 6.07) is 12.2. The number of hydrogen-bond donors (Lipinski definition) is 2. The first kappa shape index (κ1) is 13.4. The number of methoxy groups -OCH3 is 1. The van der Waals surface area contributed by atoms with Gasteiger partial charge >= 0.3 is 0 Å². The molecule has 0 saturated heterocycles. The number of halogens is 1. The van der Waals surface area contributed by atoms with E-state index < -0.39 is 0 Å². The number of nitrogen functional groups attached to an aromatic ring is 1. The van der Waals surface area contributed by atoms with E-state index in [1.54, 1.807) is 43.5 Å². The van der Waals surface area contributed by atoms with Crippen molar-refractivity contribution in [1.82, 2.24) is 0 Å². The standard InChI is InChI=1S/C14H13BrN2O2/c1-19-13-6-5-11(16)8-12(13)17-14(18)9-3-2-4-10(15)7-9/h2-8H,16H2,1H3,(H,17,18). The highest BCUT2D eigenvalue weighted by atomic mass is 79.9. The molecular weight excluding hydrogens is 308 g/mol. The Kier molecular flexibility index (Phi) is 4.06. The van der Waals surface area contributed by atoms with E-state index in [2.05, 4.69) is 21.2 Å². The number of rotatable bonds is 3. The summed E-state index contributed by atoms with van der Waals surface area (Å²) in [5.41, 5.74) is 7.37. The van der Waals surface area contributed by atoms with E-state index in [0.29, 0.717) is 22.7 Å². The maximum absolute atomic E-state index is 12.1. The zero-order valence-corrected chi connectivity index (χ0v) is 11.9. The van der Waals surface area contributed by atoms with Crippen molar-refractivity contribution in [1.29, 1.82) is 0 Å². The van der Waals surface area contributed by atoms with Crippen molar-refractivity contribution < 1.29 is 9.53 Å². The Morgan fingerprint density at radius 2 is 2.05 bits per heavy atom. The fourth-order valence-corrected chi connectivity index (χ4v) is 2.05. The Hall–Kier alpha value is -2.01. The molecule has 5 heteroatoms. The summed E-state index contributed by atoms with van der Waals surface area (Å²) in [5.74, 6) is 0.350. The summed E-state index contributed by atoms with van der Waals surface area (Å²) >= 11 is 3.33. The highest BCUT2D eigenvalue weighted by Gasteiger charge is 2.10. The van der Waals surface area contributed by atoms with E-state index in [9.17, 15) is 4.79 Å². The van der Waals surface area contributed by atoms with Gasteiger partial charge in [0, 0.05) is 15.7 Å². The van der Waals surface area contributed by atoms with Gasteiger partial charge in [0.2, 0.25) is 0 Å². The summed E-state index contributed by atoms with van der Waals surface area (Å²) < 4.78 is 6.03. The molecule has 0 heterocycles. The van der Waals surface area contributed by atoms with Gasteiger partial charge in [0.05, 0.1) is 12.8 Å². The Morgan fingerprint density at radius 3 is 2.74 bits per heavy atom. The fraction of sp³-hybridized carbons (Fsp3) is 0.0714. The Morgan fingerprint density at radius 1 is 1.26 bits per heavy atom. The summed E-state index contributed by atoms with van der Waals surface area (Å²) in [6.07, 6.45) is 0. The molecule has 0 bridgehead atoms. The molecule has 0 fully saturated rings. The summed E-state index contributed by atoms with van der Waals surface area (Å²) in [7, 11) is 1.54. The van der Waals surface area contributed by atoms with E-state index in [1.165, 1.54) is 0 Å². The quantitative estimate of drug-likeness (QED) is 0.853. The smallest absolute Gasteiger partial charge is 0.255 e. The minimum atomic E-state index is -0.217. The second-order valence-corrected chi connectivity index (χ2v) is 4.84. The third-order valence-corrected chi connectivity index (χ3v) is 3.05. The summed E-state index contributed by atoms with van der Waals surface area (Å²) in [6.45, 7) is 0. The molecule has 4 nitrogen and oxygen atoms in total. The maximum atomic E-state index is 12.1. The molecule has 0 aliphatic carbocycles. The first-order valence-corrected chi connectivity index (χ1v) is 6.40. The van der Waals surface area contributed by atoms with Gasteiger partial charge in [0.15, 0.2) is 0 Å². The van der Waals surface area contributed by atoms with Gasteiger partial charge in [-0.05, 0) is 36.4 Å². The second-order valence-electron chi connectivity index (χ2n) is 3.92. The minimum absolute atomic E-state index is 0.217. The van der Waals surface area contributed by atoms with Crippen LogP contribution in [0, 0.1) is 0 Å². The molecule has 19 heavy (non-hydrogen) atoms. The van der Waals surface area contributed by atoms with Crippen LogP contribution in [0.4, 0.5) is 11.4 Å². The van der Waals surface area contributed by atoms with Crippen molar-refractivity contribution in [3.63, 3.8) is 0 Å². The molecule has 2 aromatic rings. The van der Waals surface area contributed by atoms with Crippen molar-refractivity contribution in [3.8, 4) is 5.75 Å². The van der Waals surface area contributed by atoms with Crippen LogP contribution in [-0.4, -0.2) is 13.0 Å². The topological polar surface area (TPSA) is 64.3 Å². The molecule has 0 unspecified atom stereocenters. The Bertz CT molecular complexity index is 614. The van der Waals surface area contributed by atoms with E-state index in [4.69, 9.17) is 10.5 Å². The molecule has 98 valence electrons.